The summed E-state index contributed by atoms with van der Waals surface area (Å²) in [6, 6.07) is 7.40. The topological polar surface area (TPSA) is 77.2 Å². The fourth-order valence-electron chi connectivity index (χ4n) is 6.09. The molecule has 4 bridgehead atoms. The number of rotatable bonds is 7. The number of anilines is 1. The second kappa shape index (κ2) is 7.91. The number of ether oxygens (including phenoxy) is 1. The standard InChI is InChI=1S/C23H29N3O3S/c1-3-28-19-6-4-18(5-7-19)24-20(27)14(2)30-22-26-25-21(29-22)23-11-15-8-16(12-23)10-17(9-15)13-23/h4-7,14-17H,3,8-13H2,1-2H3,(H,24,27)/t14-,15?,16?,17?,23?/m0/s1. The summed E-state index contributed by atoms with van der Waals surface area (Å²) in [4.78, 5) is 12.6. The fourth-order valence-corrected chi connectivity index (χ4v) is 6.78. The van der Waals surface area contributed by atoms with Gasteiger partial charge in [-0.15, -0.1) is 10.2 Å². The van der Waals surface area contributed by atoms with Crippen molar-refractivity contribution in [2.45, 2.75) is 68.3 Å². The van der Waals surface area contributed by atoms with Crippen molar-refractivity contribution in [1.29, 1.82) is 0 Å². The van der Waals surface area contributed by atoms with Crippen LogP contribution in [0, 0.1) is 17.8 Å². The molecule has 1 atom stereocenters. The maximum absolute atomic E-state index is 12.6. The van der Waals surface area contributed by atoms with E-state index in [0.717, 1.165) is 35.1 Å². The van der Waals surface area contributed by atoms with Crippen molar-refractivity contribution in [3.8, 4) is 5.75 Å². The van der Waals surface area contributed by atoms with Crippen molar-refractivity contribution >= 4 is 23.4 Å². The fraction of sp³-hybridized carbons (Fsp3) is 0.609. The van der Waals surface area contributed by atoms with Gasteiger partial charge in [-0.2, -0.15) is 0 Å². The Morgan fingerprint density at radius 1 is 1.17 bits per heavy atom. The minimum Gasteiger partial charge on any atom is -0.494 e. The minimum atomic E-state index is -0.332. The Bertz CT molecular complexity index is 875. The van der Waals surface area contributed by atoms with Crippen molar-refractivity contribution in [2.75, 3.05) is 11.9 Å². The van der Waals surface area contributed by atoms with Crippen LogP contribution in [0.4, 0.5) is 5.69 Å². The van der Waals surface area contributed by atoms with Crippen LogP contribution in [0.3, 0.4) is 0 Å². The highest BCUT2D eigenvalue weighted by Gasteiger charge is 2.54. The zero-order chi connectivity index (χ0) is 20.7. The van der Waals surface area contributed by atoms with Gasteiger partial charge in [-0.25, -0.2) is 0 Å². The lowest BCUT2D eigenvalue weighted by Crippen LogP contribution is -2.48. The first-order valence-corrected chi connectivity index (χ1v) is 12.0. The van der Waals surface area contributed by atoms with Gasteiger partial charge in [0.2, 0.25) is 11.8 Å². The van der Waals surface area contributed by atoms with Gasteiger partial charge in [-0.05, 0) is 94.4 Å². The van der Waals surface area contributed by atoms with Crippen LogP contribution >= 0.6 is 11.8 Å². The molecular weight excluding hydrogens is 398 g/mol. The van der Waals surface area contributed by atoms with Crippen molar-refractivity contribution in [1.82, 2.24) is 10.2 Å². The highest BCUT2D eigenvalue weighted by molar-refractivity contribution is 8.00. The Labute approximate surface area is 181 Å². The number of hydrogen-bond donors (Lipinski definition) is 1. The van der Waals surface area contributed by atoms with E-state index in [1.54, 1.807) is 0 Å². The van der Waals surface area contributed by atoms with E-state index < -0.39 is 0 Å². The second-order valence-electron chi connectivity index (χ2n) is 9.28. The molecule has 0 spiro atoms. The molecule has 2 aromatic rings. The second-order valence-corrected chi connectivity index (χ2v) is 10.6. The smallest absolute Gasteiger partial charge is 0.277 e. The van der Waals surface area contributed by atoms with Crippen molar-refractivity contribution in [2.24, 2.45) is 17.8 Å². The van der Waals surface area contributed by atoms with Gasteiger partial charge in [0.05, 0.1) is 11.9 Å². The molecule has 6 rings (SSSR count). The van der Waals surface area contributed by atoms with Crippen molar-refractivity contribution in [3.05, 3.63) is 30.2 Å². The summed E-state index contributed by atoms with van der Waals surface area (Å²) < 4.78 is 11.6. The summed E-state index contributed by atoms with van der Waals surface area (Å²) in [6.07, 6.45) is 7.74. The number of amides is 1. The first-order valence-electron chi connectivity index (χ1n) is 11.1. The summed E-state index contributed by atoms with van der Waals surface area (Å²) in [5, 5.41) is 11.8. The Kier molecular flexibility index (Phi) is 5.25. The van der Waals surface area contributed by atoms with Gasteiger partial charge >= 0.3 is 0 Å². The van der Waals surface area contributed by atoms with Crippen LogP contribution in [0.15, 0.2) is 33.9 Å². The van der Waals surface area contributed by atoms with E-state index in [9.17, 15) is 4.79 Å². The number of benzene rings is 1. The molecule has 0 aliphatic heterocycles. The molecule has 160 valence electrons. The number of aromatic nitrogens is 2. The highest BCUT2D eigenvalue weighted by atomic mass is 32.2. The monoisotopic (exact) mass is 427 g/mol. The summed E-state index contributed by atoms with van der Waals surface area (Å²) >= 11 is 1.33. The zero-order valence-electron chi connectivity index (χ0n) is 17.6. The average molecular weight is 428 g/mol. The van der Waals surface area contributed by atoms with Crippen LogP contribution in [0.25, 0.3) is 0 Å². The maximum Gasteiger partial charge on any atom is 0.277 e. The molecule has 1 aromatic heterocycles. The Balaban J connectivity index is 1.21. The van der Waals surface area contributed by atoms with Crippen LogP contribution in [0.2, 0.25) is 0 Å². The first-order chi connectivity index (χ1) is 14.5. The van der Waals surface area contributed by atoms with Gasteiger partial charge in [0.1, 0.15) is 5.75 Å². The maximum atomic E-state index is 12.6. The molecule has 4 fully saturated rings. The number of carbonyl (C=O) groups is 1. The molecule has 1 N–H and O–H groups in total. The lowest BCUT2D eigenvalue weighted by Gasteiger charge is -2.55. The molecular formula is C23H29N3O3S. The highest BCUT2D eigenvalue weighted by Crippen LogP contribution is 2.60. The van der Waals surface area contributed by atoms with Gasteiger partial charge in [-0.1, -0.05) is 11.8 Å². The van der Waals surface area contributed by atoms with Crippen LogP contribution in [-0.2, 0) is 10.2 Å². The average Bonchev–Trinajstić information content (AvgIpc) is 3.18. The summed E-state index contributed by atoms with van der Waals surface area (Å²) in [7, 11) is 0. The van der Waals surface area contributed by atoms with E-state index in [1.165, 1.54) is 50.3 Å². The SMILES string of the molecule is CCOc1ccc(NC(=O)[C@H](C)Sc2nnc(C34CC5CC(CC(C5)C3)C4)o2)cc1. The molecule has 0 radical (unpaired) electrons. The van der Waals surface area contributed by atoms with E-state index in [1.807, 2.05) is 38.1 Å². The van der Waals surface area contributed by atoms with E-state index >= 15 is 0 Å². The molecule has 1 amide bonds. The summed E-state index contributed by atoms with van der Waals surface area (Å²) in [5.41, 5.74) is 0.838. The summed E-state index contributed by atoms with van der Waals surface area (Å²) in [5.74, 6) is 4.01. The van der Waals surface area contributed by atoms with Gasteiger partial charge in [0.15, 0.2) is 0 Å². The van der Waals surface area contributed by atoms with Gasteiger partial charge in [0.25, 0.3) is 5.22 Å². The molecule has 7 heteroatoms. The Morgan fingerprint density at radius 2 is 1.80 bits per heavy atom. The van der Waals surface area contributed by atoms with E-state index in [4.69, 9.17) is 9.15 Å². The molecule has 4 aliphatic carbocycles. The van der Waals surface area contributed by atoms with E-state index in [2.05, 4.69) is 15.5 Å². The van der Waals surface area contributed by atoms with Crippen molar-refractivity contribution < 1.29 is 13.9 Å². The molecule has 4 aliphatic rings. The third kappa shape index (κ3) is 3.84. The van der Waals surface area contributed by atoms with E-state index in [-0.39, 0.29) is 16.6 Å². The normalized spacial score (nSPS) is 30.3. The molecule has 4 saturated carbocycles. The Hall–Kier alpha value is -2.02. The largest absolute Gasteiger partial charge is 0.494 e. The van der Waals surface area contributed by atoms with Crippen LogP contribution in [0.5, 0.6) is 5.75 Å². The summed E-state index contributed by atoms with van der Waals surface area (Å²) in [6.45, 7) is 4.43. The number of nitrogens with one attached hydrogen (secondary N) is 1. The quantitative estimate of drug-likeness (QED) is 0.623. The molecule has 1 heterocycles. The molecule has 0 saturated heterocycles. The van der Waals surface area contributed by atoms with E-state index in [0.29, 0.717) is 11.8 Å². The molecule has 0 unspecified atom stereocenters. The lowest BCUT2D eigenvalue weighted by molar-refractivity contribution is -0.115. The lowest BCUT2D eigenvalue weighted by atomic mass is 9.49. The van der Waals surface area contributed by atoms with Gasteiger partial charge < -0.3 is 14.5 Å². The third-order valence-corrected chi connectivity index (χ3v) is 7.91. The van der Waals surface area contributed by atoms with Gasteiger partial charge in [-0.3, -0.25) is 4.79 Å². The Morgan fingerprint density at radius 3 is 2.40 bits per heavy atom. The van der Waals surface area contributed by atoms with Gasteiger partial charge in [0, 0.05) is 11.1 Å². The molecule has 1 aromatic carbocycles. The number of hydrogen-bond acceptors (Lipinski definition) is 6. The predicted octanol–water partition coefficient (Wildman–Crippen LogP) is 5.06. The number of carbonyl (C=O) groups excluding carboxylic acids is 1. The first kappa shape index (κ1) is 19.9. The molecule has 6 nitrogen and oxygen atoms in total. The number of thioether (sulfide) groups is 1. The predicted molar refractivity (Wildman–Crippen MR) is 116 cm³/mol. The van der Waals surface area contributed by atoms with Crippen molar-refractivity contribution in [3.63, 3.8) is 0 Å². The van der Waals surface area contributed by atoms with Crippen LogP contribution < -0.4 is 10.1 Å². The van der Waals surface area contributed by atoms with Crippen LogP contribution in [0.1, 0.15) is 58.3 Å². The minimum absolute atomic E-state index is 0.0845. The third-order valence-electron chi connectivity index (χ3n) is 6.98. The number of nitrogens with zero attached hydrogens (tertiary/aromatic N) is 2. The van der Waals surface area contributed by atoms with Crippen LogP contribution in [-0.4, -0.2) is 28.0 Å². The molecule has 30 heavy (non-hydrogen) atoms. The zero-order valence-corrected chi connectivity index (χ0v) is 18.4.